The number of hydrogen-bond donors (Lipinski definition) is 0. The first-order valence-corrected chi connectivity index (χ1v) is 11.7. The number of halogens is 3. The van der Waals surface area contributed by atoms with Crippen LogP contribution in [0.2, 0.25) is 0 Å². The molecule has 9 heteroatoms. The number of amides is 1. The van der Waals surface area contributed by atoms with Crippen molar-refractivity contribution in [2.75, 3.05) is 20.9 Å². The van der Waals surface area contributed by atoms with E-state index in [0.29, 0.717) is 41.0 Å². The Balaban J connectivity index is 1.46. The molecule has 5 rings (SSSR count). The van der Waals surface area contributed by atoms with Gasteiger partial charge in [-0.15, -0.1) is 13.2 Å². The van der Waals surface area contributed by atoms with Crippen LogP contribution in [0, 0.1) is 0 Å². The number of carbonyl (C=O) groups is 2. The Hall–Kier alpha value is -4.01. The molecule has 0 unspecified atom stereocenters. The molecular formula is C28H24F3NO5. The second-order valence-corrected chi connectivity index (χ2v) is 9.41. The molecule has 0 N–H and O–H groups in total. The fourth-order valence-electron chi connectivity index (χ4n) is 4.61. The van der Waals surface area contributed by atoms with Gasteiger partial charge in [-0.05, 0) is 65.9 Å². The van der Waals surface area contributed by atoms with Crippen molar-refractivity contribution < 1.29 is 37.0 Å². The molecule has 1 heterocycles. The van der Waals surface area contributed by atoms with Crippen LogP contribution >= 0.6 is 0 Å². The lowest BCUT2D eigenvalue weighted by Gasteiger charge is -2.18. The standard InChI is InChI=1S/C28H24F3NO5/c1-32(2)26(34)19-5-3-4-18(14-19)21-12-17(6-8-22(21)37-28(29,30)31)13-25(33)27(10-11-27)20-7-9-23-24(15-20)36-16-35-23/h3-9,12,14-15H,10-11,13,16H2,1-2H3. The van der Waals surface area contributed by atoms with Gasteiger partial charge < -0.3 is 19.1 Å². The minimum Gasteiger partial charge on any atom is -0.454 e. The number of carbonyl (C=O) groups excluding carboxylic acids is 2. The summed E-state index contributed by atoms with van der Waals surface area (Å²) in [6, 6.07) is 16.0. The SMILES string of the molecule is CN(C)C(=O)c1cccc(-c2cc(CC(=O)C3(c4ccc5c(c4)OCO5)CC3)ccc2OC(F)(F)F)c1. The number of alkyl halides is 3. The molecule has 6 nitrogen and oxygen atoms in total. The predicted molar refractivity (Wildman–Crippen MR) is 129 cm³/mol. The second kappa shape index (κ2) is 9.14. The first-order chi connectivity index (χ1) is 17.6. The number of hydrogen-bond acceptors (Lipinski definition) is 5. The largest absolute Gasteiger partial charge is 0.573 e. The van der Waals surface area contributed by atoms with Crippen LogP contribution in [0.25, 0.3) is 11.1 Å². The van der Waals surface area contributed by atoms with Gasteiger partial charge in [-0.3, -0.25) is 9.59 Å². The Labute approximate surface area is 211 Å². The highest BCUT2D eigenvalue weighted by molar-refractivity contribution is 5.96. The van der Waals surface area contributed by atoms with Crippen LogP contribution in [0.3, 0.4) is 0 Å². The third-order valence-corrected chi connectivity index (χ3v) is 6.67. The summed E-state index contributed by atoms with van der Waals surface area (Å²) in [5.74, 6) is 0.505. The van der Waals surface area contributed by atoms with E-state index in [-0.39, 0.29) is 30.5 Å². The van der Waals surface area contributed by atoms with Crippen LogP contribution in [0.5, 0.6) is 17.2 Å². The lowest BCUT2D eigenvalue weighted by molar-refractivity contribution is -0.274. The lowest BCUT2D eigenvalue weighted by Crippen LogP contribution is -2.22. The van der Waals surface area contributed by atoms with Gasteiger partial charge in [0.2, 0.25) is 6.79 Å². The predicted octanol–water partition coefficient (Wildman–Crippen LogP) is 5.53. The molecule has 37 heavy (non-hydrogen) atoms. The minimum absolute atomic E-state index is 0.0293. The number of fused-ring (bicyclic) bond motifs is 1. The van der Waals surface area contributed by atoms with E-state index in [1.165, 1.54) is 29.2 Å². The van der Waals surface area contributed by atoms with Gasteiger partial charge in [-0.1, -0.05) is 24.3 Å². The molecule has 192 valence electrons. The summed E-state index contributed by atoms with van der Waals surface area (Å²) < 4.78 is 54.5. The van der Waals surface area contributed by atoms with Gasteiger partial charge >= 0.3 is 6.36 Å². The highest BCUT2D eigenvalue weighted by Gasteiger charge is 2.50. The van der Waals surface area contributed by atoms with Gasteiger partial charge in [0, 0.05) is 31.6 Å². The fraction of sp³-hybridized carbons (Fsp3) is 0.286. The van der Waals surface area contributed by atoms with E-state index in [1.54, 1.807) is 38.4 Å². The molecule has 0 saturated heterocycles. The molecule has 2 aliphatic rings. The maximum absolute atomic E-state index is 13.4. The molecule has 1 aliphatic carbocycles. The normalized spacial score (nSPS) is 15.3. The van der Waals surface area contributed by atoms with E-state index < -0.39 is 17.5 Å². The van der Waals surface area contributed by atoms with E-state index in [2.05, 4.69) is 4.74 Å². The number of Topliss-reactive ketones (excluding diaryl/α,β-unsaturated/α-hetero) is 1. The van der Waals surface area contributed by atoms with E-state index in [1.807, 2.05) is 12.1 Å². The molecule has 1 fully saturated rings. The maximum Gasteiger partial charge on any atom is 0.573 e. The Morgan fingerprint density at radius 3 is 2.43 bits per heavy atom. The molecule has 0 atom stereocenters. The van der Waals surface area contributed by atoms with Crippen molar-refractivity contribution in [1.82, 2.24) is 4.90 Å². The fourth-order valence-corrected chi connectivity index (χ4v) is 4.61. The van der Waals surface area contributed by atoms with Crippen molar-refractivity contribution in [3.8, 4) is 28.4 Å². The number of ether oxygens (including phenoxy) is 3. The van der Waals surface area contributed by atoms with Crippen molar-refractivity contribution in [2.45, 2.75) is 31.0 Å². The van der Waals surface area contributed by atoms with E-state index in [9.17, 15) is 22.8 Å². The molecule has 1 amide bonds. The number of nitrogens with zero attached hydrogens (tertiary/aromatic N) is 1. The van der Waals surface area contributed by atoms with Gasteiger partial charge in [0.05, 0.1) is 5.41 Å². The van der Waals surface area contributed by atoms with Crippen LogP contribution in [0.1, 0.15) is 34.3 Å². The Kier molecular flexibility index (Phi) is 6.09. The summed E-state index contributed by atoms with van der Waals surface area (Å²) in [5.41, 5.74) is 1.57. The van der Waals surface area contributed by atoms with Crippen LogP contribution < -0.4 is 14.2 Å². The van der Waals surface area contributed by atoms with Crippen LogP contribution in [-0.4, -0.2) is 43.8 Å². The maximum atomic E-state index is 13.4. The summed E-state index contributed by atoms with van der Waals surface area (Å²) in [4.78, 5) is 27.3. The molecule has 3 aromatic rings. The van der Waals surface area contributed by atoms with Crippen LogP contribution in [0.4, 0.5) is 13.2 Å². The third-order valence-electron chi connectivity index (χ3n) is 6.67. The molecular weight excluding hydrogens is 487 g/mol. The summed E-state index contributed by atoms with van der Waals surface area (Å²) in [6.07, 6.45) is -3.50. The highest BCUT2D eigenvalue weighted by Crippen LogP contribution is 2.51. The van der Waals surface area contributed by atoms with Crippen molar-refractivity contribution in [1.29, 1.82) is 0 Å². The topological polar surface area (TPSA) is 65.1 Å². The van der Waals surface area contributed by atoms with Crippen molar-refractivity contribution in [2.24, 2.45) is 0 Å². The quantitative estimate of drug-likeness (QED) is 0.418. The number of ketones is 1. The van der Waals surface area contributed by atoms with E-state index in [0.717, 1.165) is 5.56 Å². The van der Waals surface area contributed by atoms with E-state index in [4.69, 9.17) is 9.47 Å². The molecule has 0 bridgehead atoms. The second-order valence-electron chi connectivity index (χ2n) is 9.41. The summed E-state index contributed by atoms with van der Waals surface area (Å²) in [7, 11) is 3.18. The minimum atomic E-state index is -4.90. The molecule has 0 aromatic heterocycles. The first-order valence-electron chi connectivity index (χ1n) is 11.7. The van der Waals surface area contributed by atoms with Crippen LogP contribution in [-0.2, 0) is 16.6 Å². The Morgan fingerprint density at radius 1 is 0.973 bits per heavy atom. The van der Waals surface area contributed by atoms with Crippen molar-refractivity contribution in [3.05, 3.63) is 77.4 Å². The van der Waals surface area contributed by atoms with Gasteiger partial charge in [0.25, 0.3) is 5.91 Å². The third kappa shape index (κ3) is 4.98. The zero-order chi connectivity index (χ0) is 26.4. The van der Waals surface area contributed by atoms with Crippen LogP contribution in [0.15, 0.2) is 60.7 Å². The Morgan fingerprint density at radius 2 is 1.73 bits per heavy atom. The lowest BCUT2D eigenvalue weighted by atomic mass is 9.87. The van der Waals surface area contributed by atoms with Gasteiger partial charge in [0.15, 0.2) is 11.5 Å². The number of rotatable bonds is 7. The highest BCUT2D eigenvalue weighted by atomic mass is 19.4. The molecule has 0 spiro atoms. The van der Waals surface area contributed by atoms with Gasteiger partial charge in [0.1, 0.15) is 11.5 Å². The zero-order valence-electron chi connectivity index (χ0n) is 20.2. The molecule has 0 radical (unpaired) electrons. The monoisotopic (exact) mass is 511 g/mol. The molecule has 1 aliphatic heterocycles. The summed E-state index contributed by atoms with van der Waals surface area (Å²) in [5, 5.41) is 0. The summed E-state index contributed by atoms with van der Waals surface area (Å²) in [6.45, 7) is 0.135. The average Bonchev–Trinajstić information content (AvgIpc) is 3.54. The molecule has 3 aromatic carbocycles. The Bertz CT molecular complexity index is 1380. The first kappa shape index (κ1) is 24.7. The average molecular weight is 511 g/mol. The van der Waals surface area contributed by atoms with Gasteiger partial charge in [-0.2, -0.15) is 0 Å². The zero-order valence-corrected chi connectivity index (χ0v) is 20.2. The smallest absolute Gasteiger partial charge is 0.454 e. The van der Waals surface area contributed by atoms with E-state index >= 15 is 0 Å². The van der Waals surface area contributed by atoms with Crippen molar-refractivity contribution in [3.63, 3.8) is 0 Å². The van der Waals surface area contributed by atoms with Gasteiger partial charge in [-0.25, -0.2) is 0 Å². The van der Waals surface area contributed by atoms with Crippen molar-refractivity contribution >= 4 is 11.7 Å². The summed E-state index contributed by atoms with van der Waals surface area (Å²) >= 11 is 0. The number of benzene rings is 3. The molecule has 1 saturated carbocycles.